The van der Waals surface area contributed by atoms with E-state index in [1.54, 1.807) is 13.4 Å². The van der Waals surface area contributed by atoms with E-state index < -0.39 is 0 Å². The number of ether oxygens (including phenoxy) is 1. The minimum Gasteiger partial charge on any atom is -0.497 e. The van der Waals surface area contributed by atoms with Crippen molar-refractivity contribution in [3.63, 3.8) is 0 Å². The van der Waals surface area contributed by atoms with Crippen molar-refractivity contribution in [3.05, 3.63) is 65.5 Å². The van der Waals surface area contributed by atoms with E-state index >= 15 is 0 Å². The van der Waals surface area contributed by atoms with Crippen LogP contribution in [0.25, 0.3) is 5.69 Å². The normalized spacial score (nSPS) is 14.9. The van der Waals surface area contributed by atoms with Crippen LogP contribution >= 0.6 is 11.8 Å². The maximum atomic E-state index is 12.7. The van der Waals surface area contributed by atoms with Crippen LogP contribution in [-0.4, -0.2) is 58.1 Å². The Kier molecular flexibility index (Phi) is 7.67. The Morgan fingerprint density at radius 3 is 2.73 bits per heavy atom. The number of methoxy groups -OCH3 is 1. The van der Waals surface area contributed by atoms with E-state index in [1.165, 1.54) is 41.3 Å². The van der Waals surface area contributed by atoms with Gasteiger partial charge >= 0.3 is 0 Å². The van der Waals surface area contributed by atoms with E-state index in [2.05, 4.69) is 58.5 Å². The summed E-state index contributed by atoms with van der Waals surface area (Å²) in [5.41, 5.74) is 4.61. The van der Waals surface area contributed by atoms with E-state index in [9.17, 15) is 4.79 Å². The molecule has 0 aliphatic carbocycles. The topological polar surface area (TPSA) is 72.3 Å². The molecule has 4 rings (SSSR count). The summed E-state index contributed by atoms with van der Waals surface area (Å²) in [5.74, 6) is 1.11. The van der Waals surface area contributed by atoms with Gasteiger partial charge in [-0.3, -0.25) is 14.3 Å². The lowest BCUT2D eigenvalue weighted by Crippen LogP contribution is -2.37. The number of nitrogens with zero attached hydrogens (tertiary/aromatic N) is 4. The number of hydrogen-bond donors (Lipinski definition) is 1. The Morgan fingerprint density at radius 1 is 1.15 bits per heavy atom. The Bertz CT molecular complexity index is 1090. The Morgan fingerprint density at radius 2 is 1.97 bits per heavy atom. The van der Waals surface area contributed by atoms with Gasteiger partial charge in [0, 0.05) is 12.2 Å². The van der Waals surface area contributed by atoms with Crippen molar-refractivity contribution in [2.75, 3.05) is 32.5 Å². The molecule has 8 heteroatoms. The number of hydrogen-bond acceptors (Lipinski definition) is 6. The lowest BCUT2D eigenvalue weighted by atomic mass is 10.0. The molecule has 0 spiro atoms. The maximum Gasteiger partial charge on any atom is 0.230 e. The summed E-state index contributed by atoms with van der Waals surface area (Å²) < 4.78 is 7.33. The fraction of sp³-hybridized carbons (Fsp3) is 0.400. The summed E-state index contributed by atoms with van der Waals surface area (Å²) in [6.07, 6.45) is 4.08. The van der Waals surface area contributed by atoms with Crippen LogP contribution in [0.15, 0.2) is 53.9 Å². The zero-order valence-electron chi connectivity index (χ0n) is 19.5. The summed E-state index contributed by atoms with van der Waals surface area (Å²) in [6.45, 7) is 6.84. The highest BCUT2D eigenvalue weighted by Gasteiger charge is 2.24. The molecule has 2 aromatic carbocycles. The van der Waals surface area contributed by atoms with E-state index in [-0.39, 0.29) is 17.7 Å². The van der Waals surface area contributed by atoms with Gasteiger partial charge in [0.15, 0.2) is 5.16 Å². The maximum absolute atomic E-state index is 12.7. The smallest absolute Gasteiger partial charge is 0.230 e. The molecule has 7 nitrogen and oxygen atoms in total. The lowest BCUT2D eigenvalue weighted by molar-refractivity contribution is -0.118. The average molecular weight is 466 g/mol. The van der Waals surface area contributed by atoms with Crippen LogP contribution in [0.5, 0.6) is 5.75 Å². The summed E-state index contributed by atoms with van der Waals surface area (Å²) >= 11 is 1.40. The molecular formula is C25H31N5O2S. The number of aromatic nitrogens is 3. The first-order valence-electron chi connectivity index (χ1n) is 11.3. The largest absolute Gasteiger partial charge is 0.497 e. The van der Waals surface area contributed by atoms with Crippen molar-refractivity contribution >= 4 is 17.7 Å². The second-order valence-corrected chi connectivity index (χ2v) is 9.32. The third-order valence-electron chi connectivity index (χ3n) is 6.17. The molecule has 174 valence electrons. The number of nitrogens with one attached hydrogen (secondary N) is 1. The fourth-order valence-corrected chi connectivity index (χ4v) is 4.89. The molecule has 1 aliphatic rings. The molecule has 0 radical (unpaired) electrons. The minimum absolute atomic E-state index is 0.0123. The average Bonchev–Trinajstić information content (AvgIpc) is 3.52. The predicted molar refractivity (Wildman–Crippen MR) is 131 cm³/mol. The number of likely N-dealkylation sites (tertiary alicyclic amines) is 1. The molecule has 1 N–H and O–H groups in total. The van der Waals surface area contributed by atoms with Crippen LogP contribution in [0.4, 0.5) is 0 Å². The molecule has 0 saturated carbocycles. The van der Waals surface area contributed by atoms with Crippen LogP contribution in [0.2, 0.25) is 0 Å². The second-order valence-electron chi connectivity index (χ2n) is 8.38. The van der Waals surface area contributed by atoms with Gasteiger partial charge < -0.3 is 10.1 Å². The Hall–Kier alpha value is -2.84. The SMILES string of the molecule is COc1cccc(C(CNC(=O)CSc2nncn2-c2ccc(C)c(C)c2)N2CCCC2)c1. The lowest BCUT2D eigenvalue weighted by Gasteiger charge is -2.28. The van der Waals surface area contributed by atoms with Gasteiger partial charge in [0.1, 0.15) is 12.1 Å². The van der Waals surface area contributed by atoms with Crippen molar-refractivity contribution in [3.8, 4) is 11.4 Å². The highest BCUT2D eigenvalue weighted by molar-refractivity contribution is 7.99. The van der Waals surface area contributed by atoms with Crippen LogP contribution in [0.1, 0.15) is 35.6 Å². The second kappa shape index (κ2) is 10.9. The van der Waals surface area contributed by atoms with Crippen molar-refractivity contribution in [1.29, 1.82) is 0 Å². The van der Waals surface area contributed by atoms with E-state index in [0.717, 1.165) is 24.5 Å². The number of amides is 1. The van der Waals surface area contributed by atoms with Crippen LogP contribution in [-0.2, 0) is 4.79 Å². The van der Waals surface area contributed by atoms with Crippen molar-refractivity contribution in [2.45, 2.75) is 37.9 Å². The molecule has 1 unspecified atom stereocenters. The summed E-state index contributed by atoms with van der Waals surface area (Å²) in [5, 5.41) is 12.1. The zero-order valence-corrected chi connectivity index (χ0v) is 20.3. The Balaban J connectivity index is 1.38. The molecule has 1 fully saturated rings. The third-order valence-corrected chi connectivity index (χ3v) is 7.11. The molecule has 0 bridgehead atoms. The van der Waals surface area contributed by atoms with Gasteiger partial charge in [-0.1, -0.05) is 30.0 Å². The van der Waals surface area contributed by atoms with Gasteiger partial charge in [-0.2, -0.15) is 0 Å². The Labute approximate surface area is 199 Å². The standard InChI is InChI=1S/C25H31N5O2S/c1-18-9-10-21(13-19(18)2)30-17-27-28-25(30)33-16-24(31)26-15-23(29-11-4-5-12-29)20-7-6-8-22(14-20)32-3/h6-10,13-14,17,23H,4-5,11-12,15-16H2,1-3H3,(H,26,31). The van der Waals surface area contributed by atoms with Gasteiger partial charge in [0.25, 0.3) is 0 Å². The minimum atomic E-state index is -0.0123. The quantitative estimate of drug-likeness (QED) is 0.483. The number of carbonyl (C=O) groups excluding carboxylic acids is 1. The van der Waals surface area contributed by atoms with Gasteiger partial charge in [-0.25, -0.2) is 0 Å². The van der Waals surface area contributed by atoms with Gasteiger partial charge in [0.05, 0.1) is 18.9 Å². The summed E-state index contributed by atoms with van der Waals surface area (Å²) in [7, 11) is 1.68. The molecule has 1 atom stereocenters. The van der Waals surface area contributed by atoms with Crippen LogP contribution < -0.4 is 10.1 Å². The first-order chi connectivity index (χ1) is 16.0. The van der Waals surface area contributed by atoms with Crippen LogP contribution in [0, 0.1) is 13.8 Å². The molecule has 1 amide bonds. The molecule has 1 aromatic heterocycles. The number of carbonyl (C=O) groups is 1. The van der Waals surface area contributed by atoms with Crippen molar-refractivity contribution < 1.29 is 9.53 Å². The van der Waals surface area contributed by atoms with Crippen molar-refractivity contribution in [2.24, 2.45) is 0 Å². The van der Waals surface area contributed by atoms with Gasteiger partial charge in [0.2, 0.25) is 5.91 Å². The molecule has 33 heavy (non-hydrogen) atoms. The van der Waals surface area contributed by atoms with Crippen LogP contribution in [0.3, 0.4) is 0 Å². The molecular weight excluding hydrogens is 434 g/mol. The number of benzene rings is 2. The van der Waals surface area contributed by atoms with Gasteiger partial charge in [-0.05, 0) is 80.7 Å². The van der Waals surface area contributed by atoms with E-state index in [1.807, 2.05) is 22.8 Å². The van der Waals surface area contributed by atoms with Gasteiger partial charge in [-0.15, -0.1) is 10.2 Å². The predicted octanol–water partition coefficient (Wildman–Crippen LogP) is 3.94. The molecule has 3 aromatic rings. The molecule has 1 aliphatic heterocycles. The molecule has 1 saturated heterocycles. The summed E-state index contributed by atoms with van der Waals surface area (Å²) in [6, 6.07) is 14.5. The van der Waals surface area contributed by atoms with Crippen molar-refractivity contribution in [1.82, 2.24) is 25.0 Å². The first-order valence-corrected chi connectivity index (χ1v) is 12.3. The summed E-state index contributed by atoms with van der Waals surface area (Å²) in [4.78, 5) is 15.2. The molecule has 2 heterocycles. The highest BCUT2D eigenvalue weighted by atomic mass is 32.2. The monoisotopic (exact) mass is 465 g/mol. The highest BCUT2D eigenvalue weighted by Crippen LogP contribution is 2.27. The van der Waals surface area contributed by atoms with E-state index in [0.29, 0.717) is 11.7 Å². The fourth-order valence-electron chi connectivity index (χ4n) is 4.13. The third kappa shape index (κ3) is 5.75. The van der Waals surface area contributed by atoms with E-state index in [4.69, 9.17) is 4.74 Å². The number of thioether (sulfide) groups is 1. The first kappa shape index (κ1) is 23.3. The number of aryl methyl sites for hydroxylation is 2. The zero-order chi connectivity index (χ0) is 23.2. The number of rotatable bonds is 9.